The van der Waals surface area contributed by atoms with Crippen LogP contribution >= 0.6 is 0 Å². The largest absolute Gasteiger partial charge is 0.383 e. The van der Waals surface area contributed by atoms with Crippen molar-refractivity contribution in [2.24, 2.45) is 11.8 Å². The van der Waals surface area contributed by atoms with Crippen LogP contribution in [-0.4, -0.2) is 0 Å². The van der Waals surface area contributed by atoms with Crippen molar-refractivity contribution >= 4 is 0 Å². The van der Waals surface area contributed by atoms with Gasteiger partial charge in [-0.25, -0.2) is 0 Å². The molecule has 0 N–H and O–H groups in total. The van der Waals surface area contributed by atoms with Gasteiger partial charge in [-0.3, -0.25) is 0 Å². The molecule has 0 amide bonds. The summed E-state index contributed by atoms with van der Waals surface area (Å²) in [6.45, 7) is 7.64. The Morgan fingerprint density at radius 2 is 1.28 bits per heavy atom. The molecule has 4 rings (SSSR count). The van der Waals surface area contributed by atoms with Crippen LogP contribution in [0.5, 0.6) is 0 Å². The maximum atomic E-state index is 15.1. The Morgan fingerprint density at radius 3 is 1.77 bits per heavy atom. The van der Waals surface area contributed by atoms with E-state index >= 15 is 8.78 Å². The molecule has 0 radical (unpaired) electrons. The quantitative estimate of drug-likeness (QED) is 0.246. The van der Waals surface area contributed by atoms with Gasteiger partial charge in [0.25, 0.3) is 0 Å². The molecule has 212 valence electrons. The molecule has 1 atom stereocenters. The molecule has 2 saturated carbocycles. The number of alkyl halides is 2. The Balaban J connectivity index is 1.27. The Bertz CT molecular complexity index is 1020. The molecule has 0 saturated heterocycles. The first kappa shape index (κ1) is 29.7. The average Bonchev–Trinajstić information content (AvgIpc) is 2.97. The summed E-state index contributed by atoms with van der Waals surface area (Å²) in [7, 11) is 0. The van der Waals surface area contributed by atoms with Gasteiger partial charge >= 0.3 is 6.11 Å². The van der Waals surface area contributed by atoms with Crippen molar-refractivity contribution in [1.82, 2.24) is 0 Å². The van der Waals surface area contributed by atoms with Crippen molar-refractivity contribution in [1.29, 1.82) is 0 Å². The third kappa shape index (κ3) is 8.37. The average molecular weight is 535 g/mol. The lowest BCUT2D eigenvalue weighted by molar-refractivity contribution is -0.272. The second-order valence-corrected chi connectivity index (χ2v) is 12.0. The fourth-order valence-electron chi connectivity index (χ4n) is 6.77. The van der Waals surface area contributed by atoms with E-state index in [2.05, 4.69) is 37.8 Å². The van der Waals surface area contributed by atoms with Crippen molar-refractivity contribution in [3.8, 4) is 0 Å². The molecule has 0 spiro atoms. The van der Waals surface area contributed by atoms with Crippen LogP contribution in [0.3, 0.4) is 0 Å². The molecule has 0 heterocycles. The maximum Gasteiger partial charge on any atom is 0.383 e. The highest BCUT2D eigenvalue weighted by atomic mass is 19.3. The van der Waals surface area contributed by atoms with Gasteiger partial charge in [-0.1, -0.05) is 66.8 Å². The van der Waals surface area contributed by atoms with Crippen LogP contribution in [0.4, 0.5) is 8.78 Å². The van der Waals surface area contributed by atoms with Gasteiger partial charge in [0.1, 0.15) is 0 Å². The van der Waals surface area contributed by atoms with Gasteiger partial charge in [0, 0.05) is 0 Å². The molecular weight excluding hydrogens is 486 g/mol. The van der Waals surface area contributed by atoms with Gasteiger partial charge < -0.3 is 4.74 Å². The molecule has 39 heavy (non-hydrogen) atoms. The fourth-order valence-corrected chi connectivity index (χ4v) is 6.77. The zero-order chi connectivity index (χ0) is 27.7. The number of benzene rings is 2. The molecule has 2 aromatic carbocycles. The van der Waals surface area contributed by atoms with E-state index in [1.165, 1.54) is 62.5 Å². The van der Waals surface area contributed by atoms with E-state index in [-0.39, 0.29) is 5.56 Å². The molecule has 0 bridgehead atoms. The van der Waals surface area contributed by atoms with Crippen molar-refractivity contribution < 1.29 is 13.5 Å². The van der Waals surface area contributed by atoms with Gasteiger partial charge in [0.2, 0.25) is 0 Å². The zero-order valence-corrected chi connectivity index (χ0v) is 24.1. The molecule has 1 nitrogen and oxygen atoms in total. The SMILES string of the molecule is C=CCCC1CCC(c2ccc(C(C)OC(F)(F)c3ccc(C4CCC(CC/C=C/C)CC4)cc3)cc2)CC1. The van der Waals surface area contributed by atoms with E-state index in [1.54, 1.807) is 19.1 Å². The lowest BCUT2D eigenvalue weighted by atomic mass is 9.77. The molecule has 2 aliphatic carbocycles. The summed E-state index contributed by atoms with van der Waals surface area (Å²) in [6.07, 6.45) is 16.9. The van der Waals surface area contributed by atoms with Gasteiger partial charge in [-0.2, -0.15) is 8.78 Å². The number of ether oxygens (including phenoxy) is 1. The minimum Gasteiger partial charge on any atom is -0.309 e. The summed E-state index contributed by atoms with van der Waals surface area (Å²) in [5.74, 6) is 2.67. The molecule has 0 aromatic heterocycles. The Morgan fingerprint density at radius 1 is 0.795 bits per heavy atom. The Hall–Kier alpha value is -2.26. The number of hydrogen-bond acceptors (Lipinski definition) is 1. The first-order valence-electron chi connectivity index (χ1n) is 15.4. The third-order valence-electron chi connectivity index (χ3n) is 9.37. The van der Waals surface area contributed by atoms with Crippen LogP contribution in [0.25, 0.3) is 0 Å². The molecular formula is C36H48F2O. The third-order valence-corrected chi connectivity index (χ3v) is 9.37. The first-order chi connectivity index (χ1) is 18.9. The molecule has 2 fully saturated rings. The van der Waals surface area contributed by atoms with E-state index in [4.69, 9.17) is 4.74 Å². The van der Waals surface area contributed by atoms with Gasteiger partial charge in [0.05, 0.1) is 11.7 Å². The minimum atomic E-state index is -3.33. The summed E-state index contributed by atoms with van der Waals surface area (Å²) in [5, 5.41) is 0. The molecule has 3 heteroatoms. The molecule has 0 aliphatic heterocycles. The molecule has 1 unspecified atom stereocenters. The number of halogens is 2. The van der Waals surface area contributed by atoms with Crippen LogP contribution in [-0.2, 0) is 10.8 Å². The minimum absolute atomic E-state index is 0.0667. The number of allylic oxidation sites excluding steroid dienone is 3. The van der Waals surface area contributed by atoms with Crippen LogP contribution < -0.4 is 0 Å². The second-order valence-electron chi connectivity index (χ2n) is 12.0. The predicted octanol–water partition coefficient (Wildman–Crippen LogP) is 11.4. The fraction of sp³-hybridized carbons (Fsp3) is 0.556. The van der Waals surface area contributed by atoms with E-state index in [1.807, 2.05) is 30.3 Å². The number of rotatable bonds is 12. The highest BCUT2D eigenvalue weighted by molar-refractivity contribution is 5.29. The second kappa shape index (κ2) is 14.4. The van der Waals surface area contributed by atoms with E-state index < -0.39 is 12.2 Å². The predicted molar refractivity (Wildman–Crippen MR) is 159 cm³/mol. The first-order valence-corrected chi connectivity index (χ1v) is 15.4. The highest BCUT2D eigenvalue weighted by Gasteiger charge is 2.35. The summed E-state index contributed by atoms with van der Waals surface area (Å²) >= 11 is 0. The normalized spacial score (nSPS) is 25.0. The van der Waals surface area contributed by atoms with Gasteiger partial charge in [0.15, 0.2) is 0 Å². The van der Waals surface area contributed by atoms with Gasteiger partial charge in [-0.15, -0.1) is 6.58 Å². The summed E-state index contributed by atoms with van der Waals surface area (Å²) < 4.78 is 35.6. The Labute approximate surface area is 235 Å². The lowest BCUT2D eigenvalue weighted by Crippen LogP contribution is -2.21. The van der Waals surface area contributed by atoms with Crippen LogP contribution in [0.2, 0.25) is 0 Å². The van der Waals surface area contributed by atoms with Crippen molar-refractivity contribution in [3.63, 3.8) is 0 Å². The number of hydrogen-bond donors (Lipinski definition) is 0. The molecule has 2 aromatic rings. The maximum absolute atomic E-state index is 15.1. The standard InChI is InChI=1S/C36H48F2O/c1-4-6-8-10-29-13-17-32(18-14-29)34-23-25-35(26-24-34)36(37,38)39-27(3)30-19-21-33(22-20-30)31-15-11-28(12-16-31)9-7-5-2/h4-6,19-29,31-32H,2,7-18H2,1,3H3/b6-4+. The topological polar surface area (TPSA) is 9.23 Å². The van der Waals surface area contributed by atoms with Crippen LogP contribution in [0.15, 0.2) is 73.3 Å². The molecule has 2 aliphatic rings. The summed E-state index contributed by atoms with van der Waals surface area (Å²) in [6, 6.07) is 15.1. The van der Waals surface area contributed by atoms with E-state index in [0.29, 0.717) is 11.8 Å². The summed E-state index contributed by atoms with van der Waals surface area (Å²) in [4.78, 5) is 0. The zero-order valence-electron chi connectivity index (χ0n) is 24.1. The smallest absolute Gasteiger partial charge is 0.309 e. The Kier molecular flexibility index (Phi) is 11.0. The van der Waals surface area contributed by atoms with Gasteiger partial charge in [-0.05, 0) is 131 Å². The van der Waals surface area contributed by atoms with Crippen molar-refractivity contribution in [3.05, 3.63) is 95.6 Å². The van der Waals surface area contributed by atoms with Crippen LogP contribution in [0, 0.1) is 11.8 Å². The lowest BCUT2D eigenvalue weighted by Gasteiger charge is -2.29. The van der Waals surface area contributed by atoms with Crippen molar-refractivity contribution in [2.45, 2.75) is 115 Å². The van der Waals surface area contributed by atoms with E-state index in [9.17, 15) is 0 Å². The monoisotopic (exact) mass is 534 g/mol. The van der Waals surface area contributed by atoms with Crippen LogP contribution in [0.1, 0.15) is 131 Å². The summed E-state index contributed by atoms with van der Waals surface area (Å²) in [5.41, 5.74) is 3.23. The van der Waals surface area contributed by atoms with E-state index in [0.717, 1.165) is 43.1 Å². The highest BCUT2D eigenvalue weighted by Crippen LogP contribution is 2.41. The van der Waals surface area contributed by atoms with Crippen molar-refractivity contribution in [2.75, 3.05) is 0 Å².